The predicted octanol–water partition coefficient (Wildman–Crippen LogP) is 7.48. The minimum absolute atomic E-state index is 0.0803. The summed E-state index contributed by atoms with van der Waals surface area (Å²) >= 11 is 36.3. The Balaban J connectivity index is 0.000000348. The predicted molar refractivity (Wildman–Crippen MR) is 140 cm³/mol. The first kappa shape index (κ1) is 29.3. The lowest BCUT2D eigenvalue weighted by Gasteiger charge is -2.25. The Morgan fingerprint density at radius 2 is 1.39 bits per heavy atom. The first-order valence-electron chi connectivity index (χ1n) is 8.60. The smallest absolute Gasteiger partial charge is 0.247 e. The molecule has 0 aromatic heterocycles. The van der Waals surface area contributed by atoms with Crippen molar-refractivity contribution < 1.29 is 13.8 Å². The van der Waals surface area contributed by atoms with Gasteiger partial charge in [-0.05, 0) is 47.2 Å². The van der Waals surface area contributed by atoms with E-state index in [0.717, 1.165) is 11.1 Å². The molecular formula is C19H21Cl5NO3PS2. The molecule has 0 spiro atoms. The summed E-state index contributed by atoms with van der Waals surface area (Å²) in [5.41, 5.74) is -0.497. The third-order valence-corrected chi connectivity index (χ3v) is 10.6. The van der Waals surface area contributed by atoms with Crippen LogP contribution in [0.3, 0.4) is 0 Å². The van der Waals surface area contributed by atoms with Gasteiger partial charge in [0.25, 0.3) is 0 Å². The molecule has 1 amide bonds. The molecular weight excluding hydrogens is 563 g/mol. The number of carbonyl (C=O) groups excluding carboxylic acids is 1. The Morgan fingerprint density at radius 1 is 1.00 bits per heavy atom. The van der Waals surface area contributed by atoms with Crippen molar-refractivity contribution in [2.24, 2.45) is 0 Å². The van der Waals surface area contributed by atoms with E-state index in [1.54, 1.807) is 31.3 Å². The first-order valence-corrected chi connectivity index (χ1v) is 14.7. The fraction of sp³-hybridized carbons (Fsp3) is 0.316. The molecule has 0 saturated carbocycles. The average molecular weight is 584 g/mol. The van der Waals surface area contributed by atoms with Crippen molar-refractivity contribution >= 4 is 92.8 Å². The molecule has 0 fully saturated rings. The molecule has 2 aromatic carbocycles. The molecule has 0 unspecified atom stereocenters. The second-order valence-corrected chi connectivity index (χ2v) is 15.6. The number of benzene rings is 2. The molecule has 0 heterocycles. The molecule has 0 bridgehead atoms. The maximum absolute atomic E-state index is 10.8. The van der Waals surface area contributed by atoms with Crippen LogP contribution in [0.1, 0.15) is 17.0 Å². The van der Waals surface area contributed by atoms with E-state index in [1.165, 1.54) is 25.6 Å². The van der Waals surface area contributed by atoms with Gasteiger partial charge in [-0.3, -0.25) is 4.79 Å². The van der Waals surface area contributed by atoms with Crippen LogP contribution in [0, 0.1) is 0 Å². The van der Waals surface area contributed by atoms with Crippen LogP contribution in [0.15, 0.2) is 48.5 Å². The van der Waals surface area contributed by atoms with Crippen molar-refractivity contribution in [1.29, 1.82) is 0 Å². The lowest BCUT2D eigenvalue weighted by molar-refractivity contribution is -0.118. The van der Waals surface area contributed by atoms with Gasteiger partial charge >= 0.3 is 0 Å². The highest BCUT2D eigenvalue weighted by molar-refractivity contribution is 8.68. The number of amides is 1. The Labute approximate surface area is 217 Å². The molecule has 12 heteroatoms. The van der Waals surface area contributed by atoms with E-state index in [-0.39, 0.29) is 17.6 Å². The van der Waals surface area contributed by atoms with Gasteiger partial charge in [-0.1, -0.05) is 93.7 Å². The standard InChI is InChI=1S/C14H9Cl5.C5H12NO3PS2/c15-11-5-1-9(2-6-11)13(14(17,18)19)10-3-7-12(16)8-4-10;1-6-5(7)4-12-10(11,8-2)9-3/h1-8,13H;4H2,1-3H3,(H,6,7). The Kier molecular flexibility index (Phi) is 13.1. The van der Waals surface area contributed by atoms with Gasteiger partial charge in [0.05, 0.1) is 11.7 Å². The summed E-state index contributed by atoms with van der Waals surface area (Å²) in [7, 11) is 4.55. The monoisotopic (exact) mass is 581 g/mol. The zero-order valence-electron chi connectivity index (χ0n) is 16.8. The van der Waals surface area contributed by atoms with Crippen LogP contribution in [0.4, 0.5) is 0 Å². The van der Waals surface area contributed by atoms with Gasteiger partial charge in [-0.2, -0.15) is 0 Å². The average Bonchev–Trinajstić information content (AvgIpc) is 2.74. The molecule has 4 nitrogen and oxygen atoms in total. The summed E-state index contributed by atoms with van der Waals surface area (Å²) in [5.74, 6) is -0.189. The van der Waals surface area contributed by atoms with E-state index < -0.39 is 9.49 Å². The normalized spacial score (nSPS) is 11.6. The molecule has 31 heavy (non-hydrogen) atoms. The second kappa shape index (κ2) is 13.9. The summed E-state index contributed by atoms with van der Waals surface area (Å²) in [6.45, 7) is 0. The second-order valence-electron chi connectivity index (χ2n) is 5.84. The molecule has 0 radical (unpaired) electrons. The van der Waals surface area contributed by atoms with Gasteiger partial charge in [0.2, 0.25) is 15.4 Å². The van der Waals surface area contributed by atoms with Gasteiger partial charge in [-0.25, -0.2) is 0 Å². The van der Waals surface area contributed by atoms with Crippen molar-refractivity contribution in [2.75, 3.05) is 27.0 Å². The van der Waals surface area contributed by atoms with E-state index in [4.69, 9.17) is 78.9 Å². The Bertz CT molecular complexity index is 826. The summed E-state index contributed by atoms with van der Waals surface area (Å²) in [4.78, 5) is 10.8. The van der Waals surface area contributed by atoms with Crippen LogP contribution in [-0.4, -0.2) is 36.7 Å². The number of hydrogen-bond donors (Lipinski definition) is 1. The SMILES string of the molecule is CNC(=O)CSP(=S)(OC)OC.Clc1ccc(C(c2ccc(Cl)cc2)C(Cl)(Cl)Cl)cc1. The topological polar surface area (TPSA) is 47.6 Å². The molecule has 1 N–H and O–H groups in total. The zero-order chi connectivity index (χ0) is 23.7. The van der Waals surface area contributed by atoms with Gasteiger partial charge in [-0.15, -0.1) is 0 Å². The summed E-state index contributed by atoms with van der Waals surface area (Å²) < 4.78 is 8.48. The van der Waals surface area contributed by atoms with E-state index in [2.05, 4.69) is 5.32 Å². The molecule has 0 aliphatic heterocycles. The molecule has 0 aliphatic carbocycles. The van der Waals surface area contributed by atoms with Crippen LogP contribution in [0.2, 0.25) is 10.0 Å². The van der Waals surface area contributed by atoms with Crippen molar-refractivity contribution in [1.82, 2.24) is 5.32 Å². The van der Waals surface area contributed by atoms with Gasteiger partial charge < -0.3 is 14.4 Å². The van der Waals surface area contributed by atoms with Crippen LogP contribution >= 0.6 is 75.1 Å². The Morgan fingerprint density at radius 3 is 1.68 bits per heavy atom. The lowest BCUT2D eigenvalue weighted by Crippen LogP contribution is -2.19. The molecule has 2 aromatic rings. The van der Waals surface area contributed by atoms with Crippen molar-refractivity contribution in [2.45, 2.75) is 9.71 Å². The quantitative estimate of drug-likeness (QED) is 0.271. The first-order chi connectivity index (χ1) is 14.5. The summed E-state index contributed by atoms with van der Waals surface area (Å²) in [6, 6.07) is 14.5. The molecule has 172 valence electrons. The maximum atomic E-state index is 10.8. The van der Waals surface area contributed by atoms with Crippen molar-refractivity contribution in [3.05, 3.63) is 69.7 Å². The number of halogens is 5. The molecule has 2 rings (SSSR count). The van der Waals surface area contributed by atoms with E-state index in [0.29, 0.717) is 10.0 Å². The molecule has 0 atom stereocenters. The number of alkyl halides is 3. The largest absolute Gasteiger partial charge is 0.358 e. The minimum atomic E-state index is -2.26. The van der Waals surface area contributed by atoms with Gasteiger partial charge in [0.1, 0.15) is 0 Å². The fourth-order valence-corrected chi connectivity index (χ4v) is 5.99. The van der Waals surface area contributed by atoms with Crippen molar-refractivity contribution in [3.8, 4) is 0 Å². The number of rotatable bonds is 7. The fourth-order valence-electron chi connectivity index (χ4n) is 2.27. The maximum Gasteiger partial charge on any atom is 0.247 e. The summed E-state index contributed by atoms with van der Waals surface area (Å²) in [5, 5.41) is 3.77. The zero-order valence-corrected chi connectivity index (χ0v) is 23.1. The minimum Gasteiger partial charge on any atom is -0.358 e. The third kappa shape index (κ3) is 10.4. The number of nitrogens with one attached hydrogen (secondary N) is 1. The summed E-state index contributed by atoms with van der Waals surface area (Å²) in [6.07, 6.45) is 0. The van der Waals surface area contributed by atoms with Crippen molar-refractivity contribution in [3.63, 3.8) is 0 Å². The van der Waals surface area contributed by atoms with Gasteiger partial charge in [0, 0.05) is 31.3 Å². The highest BCUT2D eigenvalue weighted by Gasteiger charge is 2.35. The highest BCUT2D eigenvalue weighted by atomic mass is 35.6. The lowest BCUT2D eigenvalue weighted by atomic mass is 9.92. The van der Waals surface area contributed by atoms with E-state index in [1.807, 2.05) is 24.3 Å². The number of hydrogen-bond acceptors (Lipinski definition) is 5. The van der Waals surface area contributed by atoms with Crippen LogP contribution in [0.25, 0.3) is 0 Å². The van der Waals surface area contributed by atoms with Crippen LogP contribution in [0.5, 0.6) is 0 Å². The molecule has 0 aliphatic rings. The Hall–Kier alpha value is 0.280. The van der Waals surface area contributed by atoms with Gasteiger partial charge in [0.15, 0.2) is 0 Å². The molecule has 0 saturated heterocycles. The number of carbonyl (C=O) groups is 1. The van der Waals surface area contributed by atoms with E-state index in [9.17, 15) is 4.79 Å². The van der Waals surface area contributed by atoms with Crippen LogP contribution < -0.4 is 5.32 Å². The van der Waals surface area contributed by atoms with Crippen LogP contribution in [-0.2, 0) is 25.6 Å². The highest BCUT2D eigenvalue weighted by Crippen LogP contribution is 2.59. The van der Waals surface area contributed by atoms with E-state index >= 15 is 0 Å². The third-order valence-electron chi connectivity index (χ3n) is 3.81.